The van der Waals surface area contributed by atoms with Gasteiger partial charge in [-0.2, -0.15) is 0 Å². The van der Waals surface area contributed by atoms with E-state index >= 15 is 0 Å². The minimum atomic E-state index is 0.120. The Bertz CT molecular complexity index is 399. The molecule has 0 amide bonds. The molecule has 0 N–H and O–H groups in total. The fourth-order valence-electron chi connectivity index (χ4n) is 3.54. The molecule has 0 radical (unpaired) electrons. The van der Waals surface area contributed by atoms with Gasteiger partial charge in [0.05, 0.1) is 12.8 Å². The highest BCUT2D eigenvalue weighted by molar-refractivity contribution is 5.94. The number of piperidine rings is 1. The highest BCUT2D eigenvalue weighted by Crippen LogP contribution is 2.35. The van der Waals surface area contributed by atoms with E-state index in [1.807, 2.05) is 0 Å². The Morgan fingerprint density at radius 1 is 1.28 bits per heavy atom. The van der Waals surface area contributed by atoms with Gasteiger partial charge in [-0.3, -0.25) is 9.69 Å². The molecular formula is C15H21NO2. The first-order valence-electron chi connectivity index (χ1n) is 7.12. The van der Waals surface area contributed by atoms with Crippen LogP contribution in [0.15, 0.2) is 22.8 Å². The molecule has 98 valence electrons. The van der Waals surface area contributed by atoms with Crippen LogP contribution in [-0.2, 0) is 0 Å². The van der Waals surface area contributed by atoms with Gasteiger partial charge in [0.25, 0.3) is 0 Å². The molecule has 18 heavy (non-hydrogen) atoms. The Morgan fingerprint density at radius 3 is 2.89 bits per heavy atom. The van der Waals surface area contributed by atoms with Crippen molar-refractivity contribution in [1.29, 1.82) is 0 Å². The maximum atomic E-state index is 12.0. The molecule has 2 unspecified atom stereocenters. The van der Waals surface area contributed by atoms with Crippen LogP contribution in [0.3, 0.4) is 0 Å². The minimum Gasteiger partial charge on any atom is -0.461 e. The van der Waals surface area contributed by atoms with Crippen molar-refractivity contribution >= 4 is 5.78 Å². The van der Waals surface area contributed by atoms with E-state index in [-0.39, 0.29) is 5.78 Å². The summed E-state index contributed by atoms with van der Waals surface area (Å²) >= 11 is 0. The van der Waals surface area contributed by atoms with Gasteiger partial charge >= 0.3 is 0 Å². The van der Waals surface area contributed by atoms with Crippen molar-refractivity contribution in [3.63, 3.8) is 0 Å². The fourth-order valence-corrected chi connectivity index (χ4v) is 3.54. The zero-order valence-corrected chi connectivity index (χ0v) is 10.8. The molecule has 1 aromatic rings. The summed E-state index contributed by atoms with van der Waals surface area (Å²) < 4.78 is 5.17. The molecule has 3 heteroatoms. The number of furan rings is 1. The van der Waals surface area contributed by atoms with Crippen LogP contribution in [0.1, 0.15) is 42.7 Å². The smallest absolute Gasteiger partial charge is 0.211 e. The standard InChI is InChI=1S/C15H21NO2/c17-14(15-6-3-9-18-15)11-16-8-7-12-4-1-2-5-13(12)10-16/h3,6,9,12-13H,1-2,4-5,7-8,10-11H2. The number of Topliss-reactive ketones (excluding diaryl/α,β-unsaturated/α-hetero) is 1. The van der Waals surface area contributed by atoms with E-state index < -0.39 is 0 Å². The summed E-state index contributed by atoms with van der Waals surface area (Å²) in [6.07, 6.45) is 8.39. The van der Waals surface area contributed by atoms with E-state index in [0.717, 1.165) is 24.9 Å². The largest absolute Gasteiger partial charge is 0.461 e. The normalized spacial score (nSPS) is 28.9. The predicted octanol–water partition coefficient (Wildman–Crippen LogP) is 2.97. The predicted molar refractivity (Wildman–Crippen MR) is 69.5 cm³/mol. The van der Waals surface area contributed by atoms with Crippen LogP contribution < -0.4 is 0 Å². The number of carbonyl (C=O) groups is 1. The van der Waals surface area contributed by atoms with E-state index in [0.29, 0.717) is 12.3 Å². The highest BCUT2D eigenvalue weighted by atomic mass is 16.3. The zero-order chi connectivity index (χ0) is 12.4. The number of likely N-dealkylation sites (tertiary alicyclic amines) is 1. The van der Waals surface area contributed by atoms with Gasteiger partial charge in [-0.25, -0.2) is 0 Å². The molecule has 3 nitrogen and oxygen atoms in total. The quantitative estimate of drug-likeness (QED) is 0.770. The summed E-state index contributed by atoms with van der Waals surface area (Å²) in [5.41, 5.74) is 0. The third kappa shape index (κ3) is 2.51. The van der Waals surface area contributed by atoms with Gasteiger partial charge in [-0.05, 0) is 43.4 Å². The van der Waals surface area contributed by atoms with Crippen LogP contribution in [0.4, 0.5) is 0 Å². The zero-order valence-electron chi connectivity index (χ0n) is 10.8. The molecule has 1 saturated carbocycles. The summed E-state index contributed by atoms with van der Waals surface area (Å²) in [5.74, 6) is 2.38. The second kappa shape index (κ2) is 5.27. The first-order chi connectivity index (χ1) is 8.83. The third-order valence-electron chi connectivity index (χ3n) is 4.54. The lowest BCUT2D eigenvalue weighted by atomic mass is 9.75. The molecule has 2 aliphatic rings. The van der Waals surface area contributed by atoms with Crippen molar-refractivity contribution in [3.8, 4) is 0 Å². The van der Waals surface area contributed by atoms with Gasteiger partial charge in [0.1, 0.15) is 0 Å². The Hall–Kier alpha value is -1.09. The second-order valence-corrected chi connectivity index (χ2v) is 5.73. The first-order valence-corrected chi connectivity index (χ1v) is 7.12. The van der Waals surface area contributed by atoms with E-state index in [9.17, 15) is 4.79 Å². The van der Waals surface area contributed by atoms with Crippen molar-refractivity contribution in [2.24, 2.45) is 11.8 Å². The number of hydrogen-bond acceptors (Lipinski definition) is 3. The van der Waals surface area contributed by atoms with Crippen molar-refractivity contribution in [2.45, 2.75) is 32.1 Å². The molecule has 2 fully saturated rings. The van der Waals surface area contributed by atoms with Crippen LogP contribution in [0.2, 0.25) is 0 Å². The fraction of sp³-hybridized carbons (Fsp3) is 0.667. The molecule has 1 aliphatic carbocycles. The van der Waals surface area contributed by atoms with Crippen molar-refractivity contribution in [3.05, 3.63) is 24.2 Å². The Kier molecular flexibility index (Phi) is 3.50. The van der Waals surface area contributed by atoms with Crippen molar-refractivity contribution < 1.29 is 9.21 Å². The van der Waals surface area contributed by atoms with Gasteiger partial charge in [0.15, 0.2) is 5.76 Å². The molecule has 0 aromatic carbocycles. The van der Waals surface area contributed by atoms with Crippen molar-refractivity contribution in [1.82, 2.24) is 4.90 Å². The Morgan fingerprint density at radius 2 is 2.11 bits per heavy atom. The number of ketones is 1. The number of carbonyl (C=O) groups excluding carboxylic acids is 1. The molecule has 2 atom stereocenters. The monoisotopic (exact) mass is 247 g/mol. The van der Waals surface area contributed by atoms with E-state index in [4.69, 9.17) is 4.42 Å². The SMILES string of the molecule is O=C(CN1CCC2CCCCC2C1)c1ccco1. The van der Waals surface area contributed by atoms with E-state index in [1.54, 1.807) is 18.4 Å². The van der Waals surface area contributed by atoms with E-state index in [2.05, 4.69) is 4.90 Å². The van der Waals surface area contributed by atoms with Gasteiger partial charge in [0, 0.05) is 6.54 Å². The maximum Gasteiger partial charge on any atom is 0.211 e. The molecule has 1 saturated heterocycles. The van der Waals surface area contributed by atoms with Crippen LogP contribution in [-0.4, -0.2) is 30.3 Å². The number of hydrogen-bond donors (Lipinski definition) is 0. The van der Waals surface area contributed by atoms with Gasteiger partial charge in [-0.1, -0.05) is 19.3 Å². The topological polar surface area (TPSA) is 33.5 Å². The second-order valence-electron chi connectivity index (χ2n) is 5.73. The molecule has 2 heterocycles. The van der Waals surface area contributed by atoms with E-state index in [1.165, 1.54) is 32.1 Å². The van der Waals surface area contributed by atoms with Crippen LogP contribution >= 0.6 is 0 Å². The lowest BCUT2D eigenvalue weighted by Gasteiger charge is -2.40. The lowest BCUT2D eigenvalue weighted by Crippen LogP contribution is -2.43. The number of rotatable bonds is 3. The van der Waals surface area contributed by atoms with Crippen LogP contribution in [0.5, 0.6) is 0 Å². The van der Waals surface area contributed by atoms with Crippen molar-refractivity contribution in [2.75, 3.05) is 19.6 Å². The molecule has 1 aromatic heterocycles. The van der Waals surface area contributed by atoms with Gasteiger partial charge in [-0.15, -0.1) is 0 Å². The van der Waals surface area contributed by atoms with Gasteiger partial charge < -0.3 is 4.42 Å². The van der Waals surface area contributed by atoms with Gasteiger partial charge in [0.2, 0.25) is 5.78 Å². The molecular weight excluding hydrogens is 226 g/mol. The summed E-state index contributed by atoms with van der Waals surface area (Å²) in [7, 11) is 0. The average molecular weight is 247 g/mol. The summed E-state index contributed by atoms with van der Waals surface area (Å²) in [5, 5.41) is 0. The molecule has 1 aliphatic heterocycles. The van der Waals surface area contributed by atoms with Crippen LogP contribution in [0.25, 0.3) is 0 Å². The molecule has 0 spiro atoms. The molecule has 3 rings (SSSR count). The summed E-state index contributed by atoms with van der Waals surface area (Å²) in [6.45, 7) is 2.71. The van der Waals surface area contributed by atoms with Crippen LogP contribution in [0, 0.1) is 11.8 Å². The summed E-state index contributed by atoms with van der Waals surface area (Å²) in [6, 6.07) is 3.54. The lowest BCUT2D eigenvalue weighted by molar-refractivity contribution is 0.0695. The summed E-state index contributed by atoms with van der Waals surface area (Å²) in [4.78, 5) is 14.3. The first kappa shape index (κ1) is 12.0. The average Bonchev–Trinajstić information content (AvgIpc) is 2.92. The Balaban J connectivity index is 1.56. The minimum absolute atomic E-state index is 0.120. The molecule has 0 bridgehead atoms. The number of fused-ring (bicyclic) bond motifs is 1. The number of nitrogens with zero attached hydrogens (tertiary/aromatic N) is 1. The Labute approximate surface area is 108 Å². The maximum absolute atomic E-state index is 12.0. The third-order valence-corrected chi connectivity index (χ3v) is 4.54. The highest BCUT2D eigenvalue weighted by Gasteiger charge is 2.31.